The Morgan fingerprint density at radius 2 is 1.59 bits per heavy atom. The summed E-state index contributed by atoms with van der Waals surface area (Å²) in [5.41, 5.74) is 0.369. The number of carbonyl (C=O) groups excluding carboxylic acids is 1. The van der Waals surface area contributed by atoms with Crippen LogP contribution in [0.5, 0.6) is 17.2 Å². The Hall–Kier alpha value is -1.66. The average molecular weight is 402 g/mol. The molecule has 7 heteroatoms. The van der Waals surface area contributed by atoms with Gasteiger partial charge in [-0.1, -0.05) is 19.8 Å². The number of hydrogen-bond donors (Lipinski definition) is 0. The van der Waals surface area contributed by atoms with E-state index in [0.29, 0.717) is 36.0 Å². The minimum Gasteiger partial charge on any atom is -0.493 e. The molecule has 6 nitrogen and oxygen atoms in total. The zero-order valence-electron chi connectivity index (χ0n) is 16.9. The van der Waals surface area contributed by atoms with Gasteiger partial charge in [-0.2, -0.15) is 0 Å². The van der Waals surface area contributed by atoms with Crippen molar-refractivity contribution in [2.45, 2.75) is 32.6 Å². The zero-order valence-corrected chi connectivity index (χ0v) is 17.6. The predicted octanol–water partition coefficient (Wildman–Crippen LogP) is 3.99. The van der Waals surface area contributed by atoms with E-state index in [9.17, 15) is 4.79 Å². The van der Waals surface area contributed by atoms with Crippen LogP contribution >= 0.6 is 11.6 Å². The van der Waals surface area contributed by atoms with E-state index in [2.05, 4.69) is 11.8 Å². The third kappa shape index (κ3) is 7.85. The van der Waals surface area contributed by atoms with Gasteiger partial charge in [-0.25, -0.2) is 4.79 Å². The first kappa shape index (κ1) is 23.4. The van der Waals surface area contributed by atoms with Crippen LogP contribution in [0.15, 0.2) is 12.1 Å². The van der Waals surface area contributed by atoms with E-state index < -0.39 is 5.97 Å². The summed E-state index contributed by atoms with van der Waals surface area (Å²) in [6.45, 7) is 5.09. The SMILES string of the molecule is CCN(CCCCCCCl)CCOC(=O)c1cc(OC)c(OC)c(OC)c1. The van der Waals surface area contributed by atoms with Gasteiger partial charge in [-0.3, -0.25) is 0 Å². The van der Waals surface area contributed by atoms with E-state index in [4.69, 9.17) is 30.5 Å². The third-order valence-corrected chi connectivity index (χ3v) is 4.61. The lowest BCUT2D eigenvalue weighted by Gasteiger charge is -2.20. The fraction of sp³-hybridized carbons (Fsp3) is 0.650. The summed E-state index contributed by atoms with van der Waals surface area (Å²) < 4.78 is 21.2. The maximum atomic E-state index is 12.4. The number of halogens is 1. The molecule has 0 atom stereocenters. The average Bonchev–Trinajstić information content (AvgIpc) is 2.70. The van der Waals surface area contributed by atoms with E-state index in [0.717, 1.165) is 38.2 Å². The van der Waals surface area contributed by atoms with Crippen LogP contribution in [0.25, 0.3) is 0 Å². The molecule has 0 aliphatic rings. The van der Waals surface area contributed by atoms with Gasteiger partial charge in [0.15, 0.2) is 11.5 Å². The predicted molar refractivity (Wildman–Crippen MR) is 108 cm³/mol. The van der Waals surface area contributed by atoms with Crippen LogP contribution in [0.2, 0.25) is 0 Å². The lowest BCUT2D eigenvalue weighted by molar-refractivity contribution is 0.0462. The summed E-state index contributed by atoms with van der Waals surface area (Å²) in [5.74, 6) is 1.62. The molecule has 0 amide bonds. The smallest absolute Gasteiger partial charge is 0.338 e. The molecule has 0 aliphatic heterocycles. The lowest BCUT2D eigenvalue weighted by Crippen LogP contribution is -2.29. The van der Waals surface area contributed by atoms with E-state index >= 15 is 0 Å². The van der Waals surface area contributed by atoms with Gasteiger partial charge in [-0.15, -0.1) is 11.6 Å². The Morgan fingerprint density at radius 1 is 0.963 bits per heavy atom. The van der Waals surface area contributed by atoms with Crippen molar-refractivity contribution in [3.63, 3.8) is 0 Å². The lowest BCUT2D eigenvalue weighted by atomic mass is 10.2. The number of esters is 1. The molecule has 0 fully saturated rings. The number of ether oxygens (including phenoxy) is 4. The Balaban J connectivity index is 2.53. The molecule has 0 saturated carbocycles. The number of unbranched alkanes of at least 4 members (excludes halogenated alkanes) is 3. The summed E-state index contributed by atoms with van der Waals surface area (Å²) in [4.78, 5) is 14.7. The van der Waals surface area contributed by atoms with Crippen LogP contribution in [0.4, 0.5) is 0 Å². The van der Waals surface area contributed by atoms with Crippen LogP contribution in [0, 0.1) is 0 Å². The summed E-state index contributed by atoms with van der Waals surface area (Å²) >= 11 is 5.69. The van der Waals surface area contributed by atoms with Crippen LogP contribution in [0.3, 0.4) is 0 Å². The second kappa shape index (κ2) is 13.5. The molecular formula is C20H32ClNO5. The fourth-order valence-electron chi connectivity index (χ4n) is 2.76. The van der Waals surface area contributed by atoms with Crippen molar-refractivity contribution in [2.24, 2.45) is 0 Å². The molecule has 0 radical (unpaired) electrons. The number of benzene rings is 1. The van der Waals surface area contributed by atoms with Crippen molar-refractivity contribution in [3.8, 4) is 17.2 Å². The third-order valence-electron chi connectivity index (χ3n) is 4.35. The molecule has 0 aliphatic carbocycles. The number of hydrogen-bond acceptors (Lipinski definition) is 6. The molecule has 0 saturated heterocycles. The molecular weight excluding hydrogens is 370 g/mol. The summed E-state index contributed by atoms with van der Waals surface area (Å²) in [6.07, 6.45) is 4.54. The summed E-state index contributed by atoms with van der Waals surface area (Å²) in [5, 5.41) is 0. The van der Waals surface area contributed by atoms with E-state index in [1.807, 2.05) is 0 Å². The first-order chi connectivity index (χ1) is 13.1. The Morgan fingerprint density at radius 3 is 2.11 bits per heavy atom. The van der Waals surface area contributed by atoms with Crippen LogP contribution in [-0.2, 0) is 4.74 Å². The van der Waals surface area contributed by atoms with Crippen molar-refractivity contribution < 1.29 is 23.7 Å². The van der Waals surface area contributed by atoms with Gasteiger partial charge in [0.05, 0.1) is 26.9 Å². The number of alkyl halides is 1. The molecule has 0 bridgehead atoms. The van der Waals surface area contributed by atoms with Crippen LogP contribution in [-0.4, -0.2) is 64.3 Å². The molecule has 0 unspecified atom stereocenters. The van der Waals surface area contributed by atoms with Crippen molar-refractivity contribution >= 4 is 17.6 Å². The standard InChI is InChI=1S/C20H32ClNO5/c1-5-22(11-9-7-6-8-10-21)12-13-27-20(23)16-14-17(24-2)19(26-4)18(15-16)25-3/h14-15H,5-13H2,1-4H3. The number of methoxy groups -OCH3 is 3. The normalized spacial score (nSPS) is 10.7. The highest BCUT2D eigenvalue weighted by Crippen LogP contribution is 2.38. The van der Waals surface area contributed by atoms with Crippen LogP contribution < -0.4 is 14.2 Å². The molecule has 1 aromatic carbocycles. The van der Waals surface area contributed by atoms with Gasteiger partial charge in [0, 0.05) is 12.4 Å². The molecule has 0 aromatic heterocycles. The minimum atomic E-state index is -0.410. The maximum absolute atomic E-state index is 12.4. The highest BCUT2D eigenvalue weighted by Gasteiger charge is 2.18. The van der Waals surface area contributed by atoms with E-state index in [1.165, 1.54) is 27.8 Å². The van der Waals surface area contributed by atoms with Gasteiger partial charge < -0.3 is 23.8 Å². The minimum absolute atomic E-state index is 0.338. The van der Waals surface area contributed by atoms with Gasteiger partial charge in [0.25, 0.3) is 0 Å². The van der Waals surface area contributed by atoms with E-state index in [-0.39, 0.29) is 0 Å². The zero-order chi connectivity index (χ0) is 20.1. The molecule has 27 heavy (non-hydrogen) atoms. The number of likely N-dealkylation sites (N-methyl/N-ethyl adjacent to an activating group) is 1. The van der Waals surface area contributed by atoms with Gasteiger partial charge in [0.2, 0.25) is 5.75 Å². The first-order valence-corrected chi connectivity index (χ1v) is 9.90. The number of carbonyl (C=O) groups is 1. The Labute approximate surface area is 167 Å². The monoisotopic (exact) mass is 401 g/mol. The van der Waals surface area contributed by atoms with Crippen molar-refractivity contribution in [1.82, 2.24) is 4.90 Å². The second-order valence-corrected chi connectivity index (χ2v) is 6.47. The van der Waals surface area contributed by atoms with E-state index in [1.54, 1.807) is 12.1 Å². The molecule has 154 valence electrons. The van der Waals surface area contributed by atoms with Crippen molar-refractivity contribution in [2.75, 3.05) is 53.5 Å². The van der Waals surface area contributed by atoms with Crippen molar-refractivity contribution in [3.05, 3.63) is 17.7 Å². The number of rotatable bonds is 14. The topological polar surface area (TPSA) is 57.2 Å². The second-order valence-electron chi connectivity index (χ2n) is 6.09. The molecule has 1 aromatic rings. The van der Waals surface area contributed by atoms with Gasteiger partial charge in [0.1, 0.15) is 6.61 Å². The highest BCUT2D eigenvalue weighted by molar-refractivity contribution is 6.17. The Kier molecular flexibility index (Phi) is 11.7. The molecule has 1 rings (SSSR count). The molecule has 0 heterocycles. The van der Waals surface area contributed by atoms with Gasteiger partial charge >= 0.3 is 5.97 Å². The number of nitrogens with zero attached hydrogens (tertiary/aromatic N) is 1. The molecule has 0 spiro atoms. The first-order valence-electron chi connectivity index (χ1n) is 9.36. The van der Waals surface area contributed by atoms with Crippen LogP contribution in [0.1, 0.15) is 43.0 Å². The largest absolute Gasteiger partial charge is 0.493 e. The molecule has 0 N–H and O–H groups in total. The van der Waals surface area contributed by atoms with Crippen molar-refractivity contribution in [1.29, 1.82) is 0 Å². The maximum Gasteiger partial charge on any atom is 0.338 e. The highest BCUT2D eigenvalue weighted by atomic mass is 35.5. The van der Waals surface area contributed by atoms with Gasteiger partial charge in [-0.05, 0) is 38.1 Å². The quantitative estimate of drug-likeness (QED) is 0.267. The summed E-state index contributed by atoms with van der Waals surface area (Å²) in [7, 11) is 4.55. The fourth-order valence-corrected chi connectivity index (χ4v) is 2.95. The Bertz CT molecular complexity index is 542. The summed E-state index contributed by atoms with van der Waals surface area (Å²) in [6, 6.07) is 3.19.